The van der Waals surface area contributed by atoms with Crippen molar-refractivity contribution in [1.82, 2.24) is 15.8 Å². The number of nitrogens with one attached hydrogen (secondary N) is 2. The Morgan fingerprint density at radius 2 is 1.71 bits per heavy atom. The zero-order chi connectivity index (χ0) is 29.7. The van der Waals surface area contributed by atoms with Crippen LogP contribution in [0.15, 0.2) is 84.9 Å². The Morgan fingerprint density at radius 3 is 2.43 bits per heavy atom. The van der Waals surface area contributed by atoms with Crippen LogP contribution in [0.1, 0.15) is 28.8 Å². The summed E-state index contributed by atoms with van der Waals surface area (Å²) in [6.45, 7) is 2.32. The molecule has 1 aromatic heterocycles. The fourth-order valence-electron chi connectivity index (χ4n) is 5.48. The van der Waals surface area contributed by atoms with Gasteiger partial charge in [-0.1, -0.05) is 60.7 Å². The van der Waals surface area contributed by atoms with E-state index in [0.29, 0.717) is 12.4 Å². The van der Waals surface area contributed by atoms with Crippen molar-refractivity contribution >= 4 is 28.7 Å². The van der Waals surface area contributed by atoms with Crippen LogP contribution in [0.2, 0.25) is 0 Å². The van der Waals surface area contributed by atoms with Crippen molar-refractivity contribution in [2.45, 2.75) is 38.8 Å². The zero-order valence-corrected chi connectivity index (χ0v) is 23.5. The SMILES string of the molecule is COC(=O)[C@H](Cc1ccccc1)NC(=O)[C@@]1(Cc2ccc(OCc3cc(C)nc4ccccc34)cc2)C[C@@H]1C(=O)NO. The summed E-state index contributed by atoms with van der Waals surface area (Å²) >= 11 is 0. The van der Waals surface area contributed by atoms with E-state index in [1.54, 1.807) is 5.48 Å². The smallest absolute Gasteiger partial charge is 0.328 e. The number of nitrogens with zero attached hydrogens (tertiary/aromatic N) is 1. The molecule has 1 aliphatic carbocycles. The van der Waals surface area contributed by atoms with Gasteiger partial charge in [0.2, 0.25) is 11.8 Å². The minimum atomic E-state index is -1.12. The maximum Gasteiger partial charge on any atom is 0.328 e. The molecule has 42 heavy (non-hydrogen) atoms. The molecule has 1 saturated carbocycles. The van der Waals surface area contributed by atoms with Crippen molar-refractivity contribution in [3.63, 3.8) is 0 Å². The number of para-hydroxylation sites is 1. The molecule has 1 heterocycles. The number of carbonyl (C=O) groups excluding carboxylic acids is 3. The van der Waals surface area contributed by atoms with Crippen LogP contribution in [0.3, 0.4) is 0 Å². The third-order valence-electron chi connectivity index (χ3n) is 7.80. The number of benzene rings is 3. The van der Waals surface area contributed by atoms with E-state index in [9.17, 15) is 19.6 Å². The molecule has 0 aliphatic heterocycles. The van der Waals surface area contributed by atoms with Gasteiger partial charge in [0.15, 0.2) is 0 Å². The molecule has 216 valence electrons. The summed E-state index contributed by atoms with van der Waals surface area (Å²) in [4.78, 5) is 43.1. The molecule has 5 rings (SSSR count). The van der Waals surface area contributed by atoms with Gasteiger partial charge in [0.1, 0.15) is 18.4 Å². The molecular weight excluding hydrogens is 534 g/mol. The number of esters is 1. The molecule has 1 fully saturated rings. The average molecular weight is 568 g/mol. The van der Waals surface area contributed by atoms with Crippen molar-refractivity contribution < 1.29 is 29.1 Å². The van der Waals surface area contributed by atoms with Crippen LogP contribution in [-0.4, -0.2) is 41.1 Å². The minimum absolute atomic E-state index is 0.233. The summed E-state index contributed by atoms with van der Waals surface area (Å²) in [5, 5.41) is 13.1. The van der Waals surface area contributed by atoms with Gasteiger partial charge in [0.05, 0.1) is 24.0 Å². The van der Waals surface area contributed by atoms with Gasteiger partial charge in [0, 0.05) is 23.1 Å². The standard InChI is InChI=1S/C33H33N3O6/c1-21-16-24(26-10-6-7-11-28(26)34-21)20-42-25-14-12-23(13-15-25)18-33(19-27(33)30(37)36-40)32(39)35-29(31(38)41-2)17-22-8-4-3-5-9-22/h3-16,27,29,40H,17-20H2,1-2H3,(H,35,39)(H,36,37)/t27-,29+,33+/m1/s1. The third-order valence-corrected chi connectivity index (χ3v) is 7.80. The van der Waals surface area contributed by atoms with Crippen LogP contribution < -0.4 is 15.5 Å². The van der Waals surface area contributed by atoms with Crippen molar-refractivity contribution in [2.75, 3.05) is 7.11 Å². The number of hydrogen-bond donors (Lipinski definition) is 3. The number of hydroxylamine groups is 1. The molecule has 2 amide bonds. The van der Waals surface area contributed by atoms with Crippen LogP contribution in [0.25, 0.3) is 10.9 Å². The summed E-state index contributed by atoms with van der Waals surface area (Å²) in [7, 11) is 1.27. The lowest BCUT2D eigenvalue weighted by molar-refractivity contribution is -0.146. The van der Waals surface area contributed by atoms with Crippen molar-refractivity contribution in [3.8, 4) is 5.75 Å². The molecule has 1 aliphatic rings. The summed E-state index contributed by atoms with van der Waals surface area (Å²) in [5.74, 6) is -1.74. The molecule has 0 saturated heterocycles. The Kier molecular flexibility index (Phi) is 8.49. The summed E-state index contributed by atoms with van der Waals surface area (Å²) < 4.78 is 11.0. The van der Waals surface area contributed by atoms with Crippen LogP contribution in [-0.2, 0) is 38.6 Å². The van der Waals surface area contributed by atoms with E-state index < -0.39 is 35.2 Å². The highest BCUT2D eigenvalue weighted by Gasteiger charge is 2.63. The Morgan fingerprint density at radius 1 is 1.00 bits per heavy atom. The van der Waals surface area contributed by atoms with Gasteiger partial charge in [0.25, 0.3) is 0 Å². The maximum absolute atomic E-state index is 13.6. The summed E-state index contributed by atoms with van der Waals surface area (Å²) in [6, 6.07) is 25.7. The number of pyridine rings is 1. The minimum Gasteiger partial charge on any atom is -0.489 e. The topological polar surface area (TPSA) is 127 Å². The lowest BCUT2D eigenvalue weighted by Gasteiger charge is -2.22. The van der Waals surface area contributed by atoms with E-state index in [4.69, 9.17) is 9.47 Å². The number of carbonyl (C=O) groups is 3. The molecule has 0 spiro atoms. The Balaban J connectivity index is 1.30. The fraction of sp³-hybridized carbons (Fsp3) is 0.273. The second-order valence-corrected chi connectivity index (χ2v) is 10.7. The first-order chi connectivity index (χ1) is 20.3. The molecule has 0 radical (unpaired) electrons. The highest BCUT2D eigenvalue weighted by molar-refractivity contribution is 5.97. The summed E-state index contributed by atoms with van der Waals surface area (Å²) in [6.07, 6.45) is 0.715. The average Bonchev–Trinajstić information content (AvgIpc) is 3.75. The van der Waals surface area contributed by atoms with Crippen LogP contribution in [0.4, 0.5) is 0 Å². The van der Waals surface area contributed by atoms with Gasteiger partial charge in [-0.05, 0) is 55.2 Å². The largest absolute Gasteiger partial charge is 0.489 e. The van der Waals surface area contributed by atoms with E-state index in [-0.39, 0.29) is 19.3 Å². The first-order valence-electron chi connectivity index (χ1n) is 13.8. The number of aromatic nitrogens is 1. The van der Waals surface area contributed by atoms with Crippen molar-refractivity contribution in [1.29, 1.82) is 0 Å². The van der Waals surface area contributed by atoms with Crippen molar-refractivity contribution in [2.24, 2.45) is 11.3 Å². The molecule has 4 aromatic rings. The Hall–Kier alpha value is -4.76. The number of methoxy groups -OCH3 is 1. The van der Waals surface area contributed by atoms with Crippen LogP contribution in [0, 0.1) is 18.3 Å². The van der Waals surface area contributed by atoms with Crippen LogP contribution in [0.5, 0.6) is 5.75 Å². The predicted molar refractivity (Wildman–Crippen MR) is 156 cm³/mol. The van der Waals surface area contributed by atoms with E-state index in [2.05, 4.69) is 10.3 Å². The first-order valence-corrected chi connectivity index (χ1v) is 13.8. The normalized spacial score (nSPS) is 18.1. The first kappa shape index (κ1) is 28.8. The lowest BCUT2D eigenvalue weighted by Crippen LogP contribution is -2.47. The number of fused-ring (bicyclic) bond motifs is 1. The number of hydrogen-bond acceptors (Lipinski definition) is 7. The second kappa shape index (κ2) is 12.4. The molecule has 0 unspecified atom stereocenters. The fourth-order valence-corrected chi connectivity index (χ4v) is 5.48. The van der Waals surface area contributed by atoms with Gasteiger partial charge in [-0.15, -0.1) is 0 Å². The molecule has 3 aromatic carbocycles. The van der Waals surface area contributed by atoms with E-state index in [1.807, 2.05) is 91.9 Å². The lowest BCUT2D eigenvalue weighted by atomic mass is 9.91. The van der Waals surface area contributed by atoms with E-state index in [1.165, 1.54) is 7.11 Å². The second-order valence-electron chi connectivity index (χ2n) is 10.7. The van der Waals surface area contributed by atoms with E-state index >= 15 is 0 Å². The van der Waals surface area contributed by atoms with Gasteiger partial charge < -0.3 is 14.8 Å². The number of rotatable bonds is 11. The predicted octanol–water partition coefficient (Wildman–Crippen LogP) is 4.08. The van der Waals surface area contributed by atoms with Crippen LogP contribution >= 0.6 is 0 Å². The van der Waals surface area contributed by atoms with Gasteiger partial charge >= 0.3 is 5.97 Å². The van der Waals surface area contributed by atoms with Gasteiger partial charge in [-0.3, -0.25) is 19.8 Å². The Bertz CT molecular complexity index is 1590. The molecule has 9 nitrogen and oxygen atoms in total. The summed E-state index contributed by atoms with van der Waals surface area (Å²) in [5.41, 5.74) is 5.08. The van der Waals surface area contributed by atoms with Gasteiger partial charge in [-0.2, -0.15) is 0 Å². The number of ether oxygens (including phenoxy) is 2. The molecule has 3 atom stereocenters. The number of amides is 2. The quantitative estimate of drug-likeness (QED) is 0.142. The molecular formula is C33H33N3O6. The molecule has 3 N–H and O–H groups in total. The maximum atomic E-state index is 13.6. The highest BCUT2D eigenvalue weighted by atomic mass is 16.5. The monoisotopic (exact) mass is 567 g/mol. The third kappa shape index (κ3) is 6.26. The van der Waals surface area contributed by atoms with Crippen molar-refractivity contribution in [3.05, 3.63) is 107 Å². The highest BCUT2D eigenvalue weighted by Crippen LogP contribution is 2.55. The molecule has 0 bridgehead atoms. The molecule has 9 heteroatoms. The number of aryl methyl sites for hydroxylation is 1. The zero-order valence-electron chi connectivity index (χ0n) is 23.5. The van der Waals surface area contributed by atoms with E-state index in [0.717, 1.165) is 33.3 Å². The van der Waals surface area contributed by atoms with Gasteiger partial charge in [-0.25, -0.2) is 10.3 Å². The Labute approximate surface area is 243 Å².